The molecule has 0 aliphatic heterocycles. The summed E-state index contributed by atoms with van der Waals surface area (Å²) in [6, 6.07) is 0. The molecule has 0 atom stereocenters. The van der Waals surface area contributed by atoms with Crippen LogP contribution in [0.2, 0.25) is 0 Å². The fourth-order valence-electron chi connectivity index (χ4n) is 2.29. The van der Waals surface area contributed by atoms with Crippen LogP contribution >= 0.6 is 0 Å². The van der Waals surface area contributed by atoms with Crippen molar-refractivity contribution in [3.63, 3.8) is 0 Å². The minimum absolute atomic E-state index is 0.0517. The average Bonchev–Trinajstić information content (AvgIpc) is 2.13. The van der Waals surface area contributed by atoms with E-state index in [-0.39, 0.29) is 11.6 Å². The van der Waals surface area contributed by atoms with Gasteiger partial charge in [-0.1, -0.05) is 0 Å². The number of Topliss-reactive ketones (excluding diaryl/α,β-unsaturated/α-hetero) is 2. The van der Waals surface area contributed by atoms with Crippen LogP contribution in [-0.4, -0.2) is 11.6 Å². The number of carbonyl (C=O) groups excluding carboxylic acids is 2. The Kier molecular flexibility index (Phi) is 3.17. The van der Waals surface area contributed by atoms with E-state index in [1.54, 1.807) is 6.92 Å². The standard InChI is InChI=1S/C13H17NO2/c1-6-11(9(4)15)7(2)13(14)8(3)12(6)10(5)16/h14H2,1-5H3. The van der Waals surface area contributed by atoms with Gasteiger partial charge in [-0.25, -0.2) is 0 Å². The molecule has 16 heavy (non-hydrogen) atoms. The largest absolute Gasteiger partial charge is 0.398 e. The van der Waals surface area contributed by atoms with E-state index in [1.165, 1.54) is 13.8 Å². The van der Waals surface area contributed by atoms with E-state index in [0.717, 1.165) is 16.7 Å². The van der Waals surface area contributed by atoms with Crippen molar-refractivity contribution in [2.75, 3.05) is 5.73 Å². The van der Waals surface area contributed by atoms with Gasteiger partial charge in [0, 0.05) is 16.8 Å². The zero-order valence-corrected chi connectivity index (χ0v) is 10.4. The Hall–Kier alpha value is -1.64. The molecule has 0 radical (unpaired) electrons. The van der Waals surface area contributed by atoms with Gasteiger partial charge in [0.1, 0.15) is 0 Å². The maximum absolute atomic E-state index is 11.6. The first kappa shape index (κ1) is 12.4. The van der Waals surface area contributed by atoms with Crippen molar-refractivity contribution in [1.29, 1.82) is 0 Å². The monoisotopic (exact) mass is 219 g/mol. The van der Waals surface area contributed by atoms with Crippen LogP contribution in [0.4, 0.5) is 5.69 Å². The van der Waals surface area contributed by atoms with Crippen LogP contribution in [0.15, 0.2) is 0 Å². The first-order chi connectivity index (χ1) is 7.29. The van der Waals surface area contributed by atoms with Crippen LogP contribution in [-0.2, 0) is 0 Å². The van der Waals surface area contributed by atoms with Crippen LogP contribution in [0.25, 0.3) is 0 Å². The molecule has 0 saturated carbocycles. The lowest BCUT2D eigenvalue weighted by Crippen LogP contribution is -2.12. The van der Waals surface area contributed by atoms with Crippen LogP contribution in [0.1, 0.15) is 51.3 Å². The van der Waals surface area contributed by atoms with Crippen molar-refractivity contribution >= 4 is 17.3 Å². The number of anilines is 1. The Morgan fingerprint density at radius 1 is 0.812 bits per heavy atom. The van der Waals surface area contributed by atoms with Crippen molar-refractivity contribution in [3.8, 4) is 0 Å². The minimum Gasteiger partial charge on any atom is -0.398 e. The van der Waals surface area contributed by atoms with Gasteiger partial charge in [-0.2, -0.15) is 0 Å². The van der Waals surface area contributed by atoms with E-state index in [0.29, 0.717) is 16.8 Å². The van der Waals surface area contributed by atoms with Crippen molar-refractivity contribution in [3.05, 3.63) is 27.8 Å². The zero-order valence-electron chi connectivity index (χ0n) is 10.4. The molecule has 3 nitrogen and oxygen atoms in total. The van der Waals surface area contributed by atoms with Gasteiger partial charge in [0.2, 0.25) is 0 Å². The number of rotatable bonds is 2. The number of benzene rings is 1. The van der Waals surface area contributed by atoms with Crippen LogP contribution < -0.4 is 5.73 Å². The van der Waals surface area contributed by atoms with Gasteiger partial charge in [-0.05, 0) is 51.3 Å². The van der Waals surface area contributed by atoms with Gasteiger partial charge >= 0.3 is 0 Å². The minimum atomic E-state index is -0.0517. The Morgan fingerprint density at radius 3 is 1.38 bits per heavy atom. The van der Waals surface area contributed by atoms with Crippen LogP contribution in [0.5, 0.6) is 0 Å². The summed E-state index contributed by atoms with van der Waals surface area (Å²) in [6.07, 6.45) is 0. The maximum atomic E-state index is 11.6. The van der Waals surface area contributed by atoms with Gasteiger partial charge in [-0.15, -0.1) is 0 Å². The Balaban J connectivity index is 3.80. The van der Waals surface area contributed by atoms with Gasteiger partial charge in [0.15, 0.2) is 11.6 Å². The first-order valence-corrected chi connectivity index (χ1v) is 5.20. The summed E-state index contributed by atoms with van der Waals surface area (Å²) in [5.74, 6) is -0.103. The molecule has 0 spiro atoms. The third-order valence-corrected chi connectivity index (χ3v) is 3.01. The third-order valence-electron chi connectivity index (χ3n) is 3.01. The summed E-state index contributed by atoms with van der Waals surface area (Å²) in [4.78, 5) is 23.1. The summed E-state index contributed by atoms with van der Waals surface area (Å²) < 4.78 is 0. The molecule has 2 N–H and O–H groups in total. The van der Waals surface area contributed by atoms with Gasteiger partial charge in [-0.3, -0.25) is 9.59 Å². The molecule has 0 unspecified atom stereocenters. The average molecular weight is 219 g/mol. The molecular weight excluding hydrogens is 202 g/mol. The Bertz CT molecular complexity index is 446. The second-order valence-electron chi connectivity index (χ2n) is 4.15. The predicted octanol–water partition coefficient (Wildman–Crippen LogP) is 2.60. The molecule has 0 aliphatic carbocycles. The first-order valence-electron chi connectivity index (χ1n) is 5.20. The van der Waals surface area contributed by atoms with E-state index in [9.17, 15) is 9.59 Å². The number of nitrogen functional groups attached to an aromatic ring is 1. The summed E-state index contributed by atoms with van der Waals surface area (Å²) in [6.45, 7) is 8.42. The molecule has 86 valence electrons. The number of hydrogen-bond donors (Lipinski definition) is 1. The Labute approximate surface area is 95.6 Å². The van der Waals surface area contributed by atoms with Crippen molar-refractivity contribution in [2.45, 2.75) is 34.6 Å². The molecule has 1 aromatic carbocycles. The normalized spacial score (nSPS) is 10.3. The summed E-state index contributed by atoms with van der Waals surface area (Å²) >= 11 is 0. The van der Waals surface area contributed by atoms with E-state index >= 15 is 0 Å². The smallest absolute Gasteiger partial charge is 0.160 e. The molecule has 0 fully saturated rings. The molecule has 3 heteroatoms. The highest BCUT2D eigenvalue weighted by atomic mass is 16.1. The third kappa shape index (κ3) is 1.73. The molecule has 0 bridgehead atoms. The highest BCUT2D eigenvalue weighted by molar-refractivity contribution is 6.05. The van der Waals surface area contributed by atoms with E-state index in [2.05, 4.69) is 0 Å². The van der Waals surface area contributed by atoms with Crippen LogP contribution in [0.3, 0.4) is 0 Å². The van der Waals surface area contributed by atoms with Crippen molar-refractivity contribution in [2.24, 2.45) is 0 Å². The van der Waals surface area contributed by atoms with Gasteiger partial charge < -0.3 is 5.73 Å². The molecule has 1 aromatic rings. The van der Waals surface area contributed by atoms with E-state index in [4.69, 9.17) is 5.73 Å². The quantitative estimate of drug-likeness (QED) is 0.614. The highest BCUT2D eigenvalue weighted by Gasteiger charge is 2.19. The molecule has 0 heterocycles. The van der Waals surface area contributed by atoms with Crippen molar-refractivity contribution < 1.29 is 9.59 Å². The lowest BCUT2D eigenvalue weighted by atomic mass is 9.88. The maximum Gasteiger partial charge on any atom is 0.160 e. The lowest BCUT2D eigenvalue weighted by Gasteiger charge is -2.17. The second-order valence-corrected chi connectivity index (χ2v) is 4.15. The fourth-order valence-corrected chi connectivity index (χ4v) is 2.29. The number of nitrogens with two attached hydrogens (primary N) is 1. The van der Waals surface area contributed by atoms with Crippen LogP contribution in [0, 0.1) is 20.8 Å². The second kappa shape index (κ2) is 4.08. The van der Waals surface area contributed by atoms with E-state index in [1.807, 2.05) is 13.8 Å². The zero-order chi connectivity index (χ0) is 12.6. The van der Waals surface area contributed by atoms with Gasteiger partial charge in [0.05, 0.1) is 0 Å². The SMILES string of the molecule is CC(=O)c1c(C)c(N)c(C)c(C(C)=O)c1C. The molecule has 0 aromatic heterocycles. The number of hydrogen-bond acceptors (Lipinski definition) is 3. The van der Waals surface area contributed by atoms with E-state index < -0.39 is 0 Å². The molecule has 0 saturated heterocycles. The fraction of sp³-hybridized carbons (Fsp3) is 0.385. The summed E-state index contributed by atoms with van der Waals surface area (Å²) in [5, 5.41) is 0. The molecule has 0 aliphatic rings. The molecule has 0 amide bonds. The summed E-state index contributed by atoms with van der Waals surface area (Å²) in [7, 11) is 0. The van der Waals surface area contributed by atoms with Crippen molar-refractivity contribution in [1.82, 2.24) is 0 Å². The molecule has 1 rings (SSSR count). The Morgan fingerprint density at radius 2 is 1.12 bits per heavy atom. The number of ketones is 2. The number of carbonyl (C=O) groups is 2. The lowest BCUT2D eigenvalue weighted by molar-refractivity contribution is 0.101. The molecular formula is C13H17NO2. The van der Waals surface area contributed by atoms with Gasteiger partial charge in [0.25, 0.3) is 0 Å². The predicted molar refractivity (Wildman–Crippen MR) is 65.1 cm³/mol. The topological polar surface area (TPSA) is 60.2 Å². The summed E-state index contributed by atoms with van der Waals surface area (Å²) in [5.41, 5.74) is 9.90. The highest BCUT2D eigenvalue weighted by Crippen LogP contribution is 2.29.